The van der Waals surface area contributed by atoms with E-state index in [-0.39, 0.29) is 0 Å². The Labute approximate surface area is 73.9 Å². The van der Waals surface area contributed by atoms with E-state index in [4.69, 9.17) is 10.00 Å². The van der Waals surface area contributed by atoms with Crippen LogP contribution >= 0.6 is 0 Å². The fourth-order valence-corrected chi connectivity index (χ4v) is 1.48. The predicted octanol–water partition coefficient (Wildman–Crippen LogP) is 1.01. The molecule has 1 aliphatic heterocycles. The molecule has 0 spiro atoms. The maximum Gasteiger partial charge on any atom is 0.0635 e. The molecule has 0 bridgehead atoms. The second kappa shape index (κ2) is 5.13. The Bertz CT molecular complexity index is 158. The zero-order valence-corrected chi connectivity index (χ0v) is 7.62. The average Bonchev–Trinajstić information content (AvgIpc) is 2.15. The maximum absolute atomic E-state index is 8.41. The summed E-state index contributed by atoms with van der Waals surface area (Å²) in [5.41, 5.74) is 0. The summed E-state index contributed by atoms with van der Waals surface area (Å²) in [6.07, 6.45) is 2.98. The predicted molar refractivity (Wildman–Crippen MR) is 46.7 cm³/mol. The third-order valence-corrected chi connectivity index (χ3v) is 2.34. The minimum Gasteiger partial charge on any atom is -0.380 e. The van der Waals surface area contributed by atoms with Crippen LogP contribution in [0.3, 0.4) is 0 Å². The molecule has 0 radical (unpaired) electrons. The van der Waals surface area contributed by atoms with E-state index >= 15 is 0 Å². The quantitative estimate of drug-likeness (QED) is 0.631. The SMILES string of the molecule is CN(CCC#N)C1CCCOC1. The highest BCUT2D eigenvalue weighted by Crippen LogP contribution is 2.11. The van der Waals surface area contributed by atoms with Crippen LogP contribution < -0.4 is 0 Å². The molecular formula is C9H16N2O. The van der Waals surface area contributed by atoms with Crippen LogP contribution in [0.15, 0.2) is 0 Å². The van der Waals surface area contributed by atoms with E-state index in [0.717, 1.165) is 26.2 Å². The zero-order valence-electron chi connectivity index (χ0n) is 7.62. The summed E-state index contributed by atoms with van der Waals surface area (Å²) < 4.78 is 5.36. The van der Waals surface area contributed by atoms with Gasteiger partial charge in [0.1, 0.15) is 0 Å². The largest absolute Gasteiger partial charge is 0.380 e. The number of likely N-dealkylation sites (N-methyl/N-ethyl adjacent to an activating group) is 1. The summed E-state index contributed by atoms with van der Waals surface area (Å²) in [5.74, 6) is 0. The van der Waals surface area contributed by atoms with Gasteiger partial charge in [-0.25, -0.2) is 0 Å². The van der Waals surface area contributed by atoms with Crippen LogP contribution in [-0.4, -0.2) is 37.7 Å². The molecular weight excluding hydrogens is 152 g/mol. The van der Waals surface area contributed by atoms with Gasteiger partial charge in [-0.05, 0) is 19.9 Å². The molecule has 1 unspecified atom stereocenters. The van der Waals surface area contributed by atoms with E-state index in [0.29, 0.717) is 12.5 Å². The lowest BCUT2D eigenvalue weighted by atomic mass is 10.1. The average molecular weight is 168 g/mol. The minimum absolute atomic E-state index is 0.534. The molecule has 1 heterocycles. The van der Waals surface area contributed by atoms with Crippen molar-refractivity contribution in [3.63, 3.8) is 0 Å². The van der Waals surface area contributed by atoms with Gasteiger partial charge in [-0.3, -0.25) is 0 Å². The molecule has 0 aromatic heterocycles. The Morgan fingerprint density at radius 1 is 1.67 bits per heavy atom. The normalized spacial score (nSPS) is 23.9. The van der Waals surface area contributed by atoms with Gasteiger partial charge < -0.3 is 9.64 Å². The van der Waals surface area contributed by atoms with Gasteiger partial charge in [0.05, 0.1) is 12.7 Å². The molecule has 0 saturated carbocycles. The molecule has 12 heavy (non-hydrogen) atoms. The van der Waals surface area contributed by atoms with Gasteiger partial charge in [0.15, 0.2) is 0 Å². The molecule has 0 aromatic carbocycles. The van der Waals surface area contributed by atoms with Gasteiger partial charge in [-0.15, -0.1) is 0 Å². The Morgan fingerprint density at radius 2 is 2.50 bits per heavy atom. The van der Waals surface area contributed by atoms with Crippen LogP contribution in [-0.2, 0) is 4.74 Å². The number of hydrogen-bond donors (Lipinski definition) is 0. The fraction of sp³-hybridized carbons (Fsp3) is 0.889. The summed E-state index contributed by atoms with van der Waals surface area (Å²) in [4.78, 5) is 2.22. The second-order valence-electron chi connectivity index (χ2n) is 3.26. The van der Waals surface area contributed by atoms with Crippen LogP contribution in [0.1, 0.15) is 19.3 Å². The van der Waals surface area contributed by atoms with Crippen molar-refractivity contribution in [2.45, 2.75) is 25.3 Å². The number of nitriles is 1. The molecule has 0 amide bonds. The highest BCUT2D eigenvalue weighted by Gasteiger charge is 2.17. The van der Waals surface area contributed by atoms with Crippen LogP contribution in [0.4, 0.5) is 0 Å². The highest BCUT2D eigenvalue weighted by atomic mass is 16.5. The van der Waals surface area contributed by atoms with Crippen molar-refractivity contribution in [2.75, 3.05) is 26.8 Å². The van der Waals surface area contributed by atoms with E-state index in [9.17, 15) is 0 Å². The summed E-state index contributed by atoms with van der Waals surface area (Å²) in [7, 11) is 2.07. The number of rotatable bonds is 3. The molecule has 1 aliphatic rings. The topological polar surface area (TPSA) is 36.3 Å². The Balaban J connectivity index is 2.21. The molecule has 0 aliphatic carbocycles. The van der Waals surface area contributed by atoms with Crippen molar-refractivity contribution in [1.29, 1.82) is 5.26 Å². The molecule has 0 N–H and O–H groups in total. The van der Waals surface area contributed by atoms with Crippen molar-refractivity contribution in [1.82, 2.24) is 4.90 Å². The van der Waals surface area contributed by atoms with Crippen molar-refractivity contribution in [2.24, 2.45) is 0 Å². The van der Waals surface area contributed by atoms with Crippen LogP contribution in [0, 0.1) is 11.3 Å². The lowest BCUT2D eigenvalue weighted by Gasteiger charge is -2.30. The molecule has 3 heteroatoms. The Hall–Kier alpha value is -0.590. The van der Waals surface area contributed by atoms with E-state index in [1.165, 1.54) is 6.42 Å². The van der Waals surface area contributed by atoms with E-state index in [1.54, 1.807) is 0 Å². The molecule has 1 fully saturated rings. The van der Waals surface area contributed by atoms with Crippen LogP contribution in [0.25, 0.3) is 0 Å². The first-order valence-corrected chi connectivity index (χ1v) is 4.49. The maximum atomic E-state index is 8.41. The van der Waals surface area contributed by atoms with Crippen molar-refractivity contribution < 1.29 is 4.74 Å². The molecule has 0 aromatic rings. The minimum atomic E-state index is 0.534. The lowest BCUT2D eigenvalue weighted by molar-refractivity contribution is 0.0284. The Morgan fingerprint density at radius 3 is 3.08 bits per heavy atom. The van der Waals surface area contributed by atoms with Gasteiger partial charge in [-0.2, -0.15) is 5.26 Å². The Kier molecular flexibility index (Phi) is 4.06. The first-order valence-electron chi connectivity index (χ1n) is 4.49. The molecule has 68 valence electrons. The summed E-state index contributed by atoms with van der Waals surface area (Å²) >= 11 is 0. The van der Waals surface area contributed by atoms with Gasteiger partial charge in [0.2, 0.25) is 0 Å². The van der Waals surface area contributed by atoms with Gasteiger partial charge in [0, 0.05) is 25.6 Å². The van der Waals surface area contributed by atoms with Gasteiger partial charge in [-0.1, -0.05) is 0 Å². The van der Waals surface area contributed by atoms with E-state index in [1.807, 2.05) is 0 Å². The number of ether oxygens (including phenoxy) is 1. The molecule has 3 nitrogen and oxygen atoms in total. The van der Waals surface area contributed by atoms with E-state index in [2.05, 4.69) is 18.0 Å². The van der Waals surface area contributed by atoms with Crippen molar-refractivity contribution >= 4 is 0 Å². The lowest BCUT2D eigenvalue weighted by Crippen LogP contribution is -2.38. The van der Waals surface area contributed by atoms with Crippen molar-refractivity contribution in [3.05, 3.63) is 0 Å². The van der Waals surface area contributed by atoms with Crippen LogP contribution in [0.2, 0.25) is 0 Å². The van der Waals surface area contributed by atoms with Crippen molar-refractivity contribution in [3.8, 4) is 6.07 Å². The molecule has 1 atom stereocenters. The molecule has 1 rings (SSSR count). The van der Waals surface area contributed by atoms with Gasteiger partial charge >= 0.3 is 0 Å². The summed E-state index contributed by atoms with van der Waals surface area (Å²) in [6, 6.07) is 2.69. The monoisotopic (exact) mass is 168 g/mol. The third kappa shape index (κ3) is 2.80. The van der Waals surface area contributed by atoms with Crippen LogP contribution in [0.5, 0.6) is 0 Å². The zero-order chi connectivity index (χ0) is 8.81. The van der Waals surface area contributed by atoms with E-state index < -0.39 is 0 Å². The second-order valence-corrected chi connectivity index (χ2v) is 3.26. The first-order chi connectivity index (χ1) is 5.84. The summed E-state index contributed by atoms with van der Waals surface area (Å²) in [6.45, 7) is 2.61. The number of hydrogen-bond acceptors (Lipinski definition) is 3. The fourth-order valence-electron chi connectivity index (χ4n) is 1.48. The van der Waals surface area contributed by atoms with Gasteiger partial charge in [0.25, 0.3) is 0 Å². The molecule has 1 saturated heterocycles. The first kappa shape index (κ1) is 9.50. The third-order valence-electron chi connectivity index (χ3n) is 2.34. The summed E-state index contributed by atoms with van der Waals surface area (Å²) in [5, 5.41) is 8.41. The smallest absolute Gasteiger partial charge is 0.0635 e. The highest BCUT2D eigenvalue weighted by molar-refractivity contribution is 4.76. The number of nitrogens with zero attached hydrogens (tertiary/aromatic N) is 2. The standard InChI is InChI=1S/C9H16N2O/c1-11(6-3-5-10)9-4-2-7-12-8-9/h9H,2-4,6-8H2,1H3.